The quantitative estimate of drug-likeness (QED) is 0.840. The molecule has 0 radical (unpaired) electrons. The molecular formula is C10H8BrFN2O. The SMILES string of the molecule is CC(Br)C(=O)Nc1ccc(F)c(C#N)c1. The summed E-state index contributed by atoms with van der Waals surface area (Å²) in [6.07, 6.45) is 0. The third kappa shape index (κ3) is 3.03. The fourth-order valence-corrected chi connectivity index (χ4v) is 1.04. The Balaban J connectivity index is 2.89. The number of nitrogens with zero attached hydrogens (tertiary/aromatic N) is 1. The summed E-state index contributed by atoms with van der Waals surface area (Å²) in [6, 6.07) is 5.55. The maximum absolute atomic E-state index is 12.9. The molecule has 0 aromatic heterocycles. The fraction of sp³-hybridized carbons (Fsp3) is 0.200. The molecule has 1 rings (SSSR count). The molecule has 0 heterocycles. The zero-order chi connectivity index (χ0) is 11.4. The van der Waals surface area contributed by atoms with Crippen molar-refractivity contribution in [3.05, 3.63) is 29.6 Å². The van der Waals surface area contributed by atoms with E-state index in [4.69, 9.17) is 5.26 Å². The molecule has 5 heteroatoms. The molecule has 0 saturated heterocycles. The monoisotopic (exact) mass is 270 g/mol. The number of nitrogens with one attached hydrogen (secondary N) is 1. The standard InChI is InChI=1S/C10H8BrFN2O/c1-6(11)10(15)14-8-2-3-9(12)7(4-8)5-13/h2-4,6H,1H3,(H,14,15). The predicted molar refractivity (Wildman–Crippen MR) is 58.1 cm³/mol. The van der Waals surface area contributed by atoms with E-state index in [1.807, 2.05) is 0 Å². The van der Waals surface area contributed by atoms with Crippen molar-refractivity contribution in [3.63, 3.8) is 0 Å². The molecule has 0 aliphatic carbocycles. The van der Waals surface area contributed by atoms with Crippen LogP contribution in [0.3, 0.4) is 0 Å². The number of rotatable bonds is 2. The summed E-state index contributed by atoms with van der Waals surface area (Å²) in [7, 11) is 0. The van der Waals surface area contributed by atoms with Crippen molar-refractivity contribution in [1.29, 1.82) is 5.26 Å². The average molecular weight is 271 g/mol. The summed E-state index contributed by atoms with van der Waals surface area (Å²) in [5.74, 6) is -0.840. The van der Waals surface area contributed by atoms with E-state index in [1.165, 1.54) is 12.1 Å². The normalized spacial score (nSPS) is 11.6. The van der Waals surface area contributed by atoms with Crippen LogP contribution in [0, 0.1) is 17.1 Å². The van der Waals surface area contributed by atoms with E-state index in [1.54, 1.807) is 13.0 Å². The minimum absolute atomic E-state index is 0.0879. The van der Waals surface area contributed by atoms with E-state index >= 15 is 0 Å². The first-order valence-corrected chi connectivity index (χ1v) is 5.10. The maximum atomic E-state index is 12.9. The number of amides is 1. The highest BCUT2D eigenvalue weighted by Crippen LogP contribution is 2.14. The van der Waals surface area contributed by atoms with Crippen LogP contribution in [0.25, 0.3) is 0 Å². The summed E-state index contributed by atoms with van der Waals surface area (Å²) in [5, 5.41) is 11.1. The van der Waals surface area contributed by atoms with Crippen LogP contribution in [0.15, 0.2) is 18.2 Å². The zero-order valence-corrected chi connectivity index (χ0v) is 9.51. The van der Waals surface area contributed by atoms with Gasteiger partial charge in [-0.15, -0.1) is 0 Å². The lowest BCUT2D eigenvalue weighted by Crippen LogP contribution is -2.19. The Labute approximate surface area is 95.0 Å². The minimum atomic E-state index is -0.595. The smallest absolute Gasteiger partial charge is 0.237 e. The van der Waals surface area contributed by atoms with Gasteiger partial charge in [-0.25, -0.2) is 4.39 Å². The topological polar surface area (TPSA) is 52.9 Å². The minimum Gasteiger partial charge on any atom is -0.325 e. The van der Waals surface area contributed by atoms with E-state index < -0.39 is 5.82 Å². The number of alkyl halides is 1. The van der Waals surface area contributed by atoms with Crippen molar-refractivity contribution in [3.8, 4) is 6.07 Å². The molecule has 3 nitrogen and oxygen atoms in total. The van der Waals surface area contributed by atoms with E-state index in [0.29, 0.717) is 5.69 Å². The van der Waals surface area contributed by atoms with Gasteiger partial charge in [-0.05, 0) is 25.1 Å². The molecule has 0 bridgehead atoms. The third-order valence-corrected chi connectivity index (χ3v) is 2.13. The Hall–Kier alpha value is -1.41. The summed E-state index contributed by atoms with van der Waals surface area (Å²) in [6.45, 7) is 1.67. The van der Waals surface area contributed by atoms with E-state index in [-0.39, 0.29) is 16.3 Å². The van der Waals surface area contributed by atoms with Gasteiger partial charge in [0.2, 0.25) is 5.91 Å². The summed E-state index contributed by atoms with van der Waals surface area (Å²) >= 11 is 3.10. The van der Waals surface area contributed by atoms with Crippen molar-refractivity contribution < 1.29 is 9.18 Å². The Kier molecular flexibility index (Phi) is 3.81. The Morgan fingerprint density at radius 1 is 1.67 bits per heavy atom. The van der Waals surface area contributed by atoms with Gasteiger partial charge in [-0.1, -0.05) is 15.9 Å². The van der Waals surface area contributed by atoms with Gasteiger partial charge < -0.3 is 5.32 Å². The van der Waals surface area contributed by atoms with Gasteiger partial charge >= 0.3 is 0 Å². The van der Waals surface area contributed by atoms with Gasteiger partial charge in [0.05, 0.1) is 10.4 Å². The number of benzene rings is 1. The second-order valence-corrected chi connectivity index (χ2v) is 4.29. The molecule has 1 aromatic rings. The number of nitriles is 1. The zero-order valence-electron chi connectivity index (χ0n) is 7.92. The molecule has 1 aromatic carbocycles. The van der Waals surface area contributed by atoms with Crippen LogP contribution in [0.4, 0.5) is 10.1 Å². The first kappa shape index (κ1) is 11.7. The van der Waals surface area contributed by atoms with E-state index in [2.05, 4.69) is 21.2 Å². The lowest BCUT2D eigenvalue weighted by atomic mass is 10.2. The van der Waals surface area contributed by atoms with Crippen LogP contribution in [-0.4, -0.2) is 10.7 Å². The third-order valence-electron chi connectivity index (χ3n) is 1.72. The highest BCUT2D eigenvalue weighted by Gasteiger charge is 2.10. The summed E-state index contributed by atoms with van der Waals surface area (Å²) in [4.78, 5) is 10.9. The molecule has 1 N–H and O–H groups in total. The van der Waals surface area contributed by atoms with E-state index in [0.717, 1.165) is 6.07 Å². The second kappa shape index (κ2) is 4.89. The largest absolute Gasteiger partial charge is 0.325 e. The number of carbonyl (C=O) groups is 1. The molecule has 1 atom stereocenters. The van der Waals surface area contributed by atoms with Crippen molar-refractivity contribution in [2.24, 2.45) is 0 Å². The highest BCUT2D eigenvalue weighted by atomic mass is 79.9. The molecule has 0 saturated carbocycles. The number of hydrogen-bond acceptors (Lipinski definition) is 2. The molecule has 0 aliphatic heterocycles. The van der Waals surface area contributed by atoms with Gasteiger partial charge in [0.15, 0.2) is 0 Å². The van der Waals surface area contributed by atoms with Crippen molar-refractivity contribution in [2.75, 3.05) is 5.32 Å². The number of anilines is 1. The summed E-state index contributed by atoms with van der Waals surface area (Å²) in [5.41, 5.74) is 0.319. The van der Waals surface area contributed by atoms with Crippen LogP contribution in [0.2, 0.25) is 0 Å². The van der Waals surface area contributed by atoms with Crippen molar-refractivity contribution in [1.82, 2.24) is 0 Å². The maximum Gasteiger partial charge on any atom is 0.237 e. The number of carbonyl (C=O) groups excluding carboxylic acids is 1. The lowest BCUT2D eigenvalue weighted by Gasteiger charge is -2.06. The van der Waals surface area contributed by atoms with Crippen LogP contribution in [0.5, 0.6) is 0 Å². The van der Waals surface area contributed by atoms with Crippen LogP contribution < -0.4 is 5.32 Å². The molecule has 0 spiro atoms. The van der Waals surface area contributed by atoms with E-state index in [9.17, 15) is 9.18 Å². The van der Waals surface area contributed by atoms with Crippen molar-refractivity contribution in [2.45, 2.75) is 11.8 Å². The lowest BCUT2D eigenvalue weighted by molar-refractivity contribution is -0.115. The summed E-state index contributed by atoms with van der Waals surface area (Å²) < 4.78 is 12.9. The first-order chi connectivity index (χ1) is 7.04. The van der Waals surface area contributed by atoms with Crippen LogP contribution >= 0.6 is 15.9 Å². The van der Waals surface area contributed by atoms with Gasteiger partial charge in [0, 0.05) is 5.69 Å². The predicted octanol–water partition coefficient (Wildman–Crippen LogP) is 2.42. The molecule has 0 aliphatic rings. The molecule has 78 valence electrons. The van der Waals surface area contributed by atoms with Crippen molar-refractivity contribution >= 4 is 27.5 Å². The van der Waals surface area contributed by atoms with Gasteiger partial charge in [0.1, 0.15) is 11.9 Å². The van der Waals surface area contributed by atoms with Gasteiger partial charge in [0.25, 0.3) is 0 Å². The second-order valence-electron chi connectivity index (χ2n) is 2.91. The Bertz CT molecular complexity index is 426. The molecule has 1 amide bonds. The van der Waals surface area contributed by atoms with Gasteiger partial charge in [-0.2, -0.15) is 5.26 Å². The molecular weight excluding hydrogens is 263 g/mol. The van der Waals surface area contributed by atoms with Crippen LogP contribution in [0.1, 0.15) is 12.5 Å². The Morgan fingerprint density at radius 3 is 2.87 bits per heavy atom. The first-order valence-electron chi connectivity index (χ1n) is 4.19. The fourth-order valence-electron chi connectivity index (χ4n) is 0.930. The van der Waals surface area contributed by atoms with Gasteiger partial charge in [-0.3, -0.25) is 4.79 Å². The number of hydrogen-bond donors (Lipinski definition) is 1. The molecule has 1 unspecified atom stereocenters. The molecule has 0 fully saturated rings. The Morgan fingerprint density at radius 2 is 2.33 bits per heavy atom. The van der Waals surface area contributed by atoms with Crippen LogP contribution in [-0.2, 0) is 4.79 Å². The average Bonchev–Trinajstić information content (AvgIpc) is 2.20. The molecule has 15 heavy (non-hydrogen) atoms. The highest BCUT2D eigenvalue weighted by molar-refractivity contribution is 9.10. The number of halogens is 2.